The summed E-state index contributed by atoms with van der Waals surface area (Å²) < 4.78 is 21.3. The SMILES string of the molecule is CCCCCCCCCCCC(=O)OC[C@H]1O[C@H](O[C@]2(CO)O[C@H](CO)[C@@H](O)[C@@H]2O)[C@H](O)[C@@H](O)[C@@H]1O.[H-].[Na+]. The van der Waals surface area contributed by atoms with E-state index in [1.165, 1.54) is 32.1 Å². The molecule has 9 atom stereocenters. The first-order valence-electron chi connectivity index (χ1n) is 13.0. The standard InChI is InChI=1S/C24H44O12.Na.H/c1-2-3-4-5-6-7-8-9-10-11-17(27)33-13-16-18(28)20(30)21(31)23(34-16)36-24(14-26)22(32)19(29)15(12-25)35-24;;/h15-16,18-23,25-26,28-32H,2-14H2,1H3;;/q;+1;-1/t15-,16-,18-,19-,20+,21-,22+,23-,24+;;/m1../s1. The first-order valence-corrected chi connectivity index (χ1v) is 13.0. The van der Waals surface area contributed by atoms with Gasteiger partial charge in [0.05, 0.1) is 6.61 Å². The smallest absolute Gasteiger partial charge is 1.00 e. The zero-order valence-corrected chi connectivity index (χ0v) is 24.0. The van der Waals surface area contributed by atoms with Crippen molar-refractivity contribution in [2.75, 3.05) is 19.8 Å². The van der Waals surface area contributed by atoms with E-state index in [0.29, 0.717) is 6.42 Å². The van der Waals surface area contributed by atoms with E-state index in [-0.39, 0.29) is 37.4 Å². The molecule has 0 aromatic heterocycles. The summed E-state index contributed by atoms with van der Waals surface area (Å²) in [4.78, 5) is 12.1. The molecule has 2 saturated heterocycles. The van der Waals surface area contributed by atoms with Gasteiger partial charge in [-0.15, -0.1) is 0 Å². The molecule has 12 nitrogen and oxygen atoms in total. The zero-order valence-electron chi connectivity index (χ0n) is 23.0. The Balaban J connectivity index is 0.00000684. The Labute approximate surface area is 241 Å². The number of unbranched alkanes of at least 4 members (excludes halogenated alkanes) is 8. The van der Waals surface area contributed by atoms with Gasteiger partial charge in [0.2, 0.25) is 5.79 Å². The summed E-state index contributed by atoms with van der Waals surface area (Å²) in [7, 11) is 0. The average molecular weight is 549 g/mol. The van der Waals surface area contributed by atoms with Gasteiger partial charge in [-0.2, -0.15) is 0 Å². The van der Waals surface area contributed by atoms with Gasteiger partial charge < -0.3 is 56.1 Å². The Morgan fingerprint density at radius 3 is 1.97 bits per heavy atom. The number of aliphatic hydroxyl groups is 7. The number of hydrogen-bond acceptors (Lipinski definition) is 12. The van der Waals surface area contributed by atoms with E-state index < -0.39 is 80.6 Å². The van der Waals surface area contributed by atoms with Crippen molar-refractivity contribution in [1.82, 2.24) is 0 Å². The summed E-state index contributed by atoms with van der Waals surface area (Å²) in [6, 6.07) is 0. The Morgan fingerprint density at radius 2 is 1.43 bits per heavy atom. The van der Waals surface area contributed by atoms with Crippen LogP contribution in [-0.4, -0.2) is 116 Å². The first-order chi connectivity index (χ1) is 17.2. The fourth-order valence-corrected chi connectivity index (χ4v) is 4.45. The van der Waals surface area contributed by atoms with E-state index in [1.54, 1.807) is 0 Å². The molecule has 2 fully saturated rings. The van der Waals surface area contributed by atoms with Gasteiger partial charge in [0, 0.05) is 6.42 Å². The van der Waals surface area contributed by atoms with Gasteiger partial charge in [0.1, 0.15) is 55.9 Å². The number of carbonyl (C=O) groups is 1. The molecule has 0 aliphatic carbocycles. The second-order valence-electron chi connectivity index (χ2n) is 9.64. The van der Waals surface area contributed by atoms with Crippen molar-refractivity contribution in [2.45, 2.75) is 126 Å². The van der Waals surface area contributed by atoms with Crippen LogP contribution in [0.3, 0.4) is 0 Å². The fourth-order valence-electron chi connectivity index (χ4n) is 4.45. The van der Waals surface area contributed by atoms with Crippen molar-refractivity contribution >= 4 is 5.97 Å². The van der Waals surface area contributed by atoms with Gasteiger partial charge in [-0.25, -0.2) is 0 Å². The number of carbonyl (C=O) groups excluding carboxylic acids is 1. The largest absolute Gasteiger partial charge is 1.00 e. The van der Waals surface area contributed by atoms with Gasteiger partial charge in [-0.1, -0.05) is 58.3 Å². The maximum Gasteiger partial charge on any atom is 1.00 e. The quantitative estimate of drug-likeness (QED) is 0.0565. The molecule has 0 spiro atoms. The van der Waals surface area contributed by atoms with Crippen LogP contribution in [0.1, 0.15) is 72.6 Å². The Hall–Kier alpha value is 0.0700. The molecule has 37 heavy (non-hydrogen) atoms. The van der Waals surface area contributed by atoms with Crippen molar-refractivity contribution < 1.29 is 90.5 Å². The third-order valence-corrected chi connectivity index (χ3v) is 6.78. The Morgan fingerprint density at radius 1 is 0.838 bits per heavy atom. The second-order valence-corrected chi connectivity index (χ2v) is 9.64. The minimum absolute atomic E-state index is 0. The molecule has 7 N–H and O–H groups in total. The predicted molar refractivity (Wildman–Crippen MR) is 125 cm³/mol. The summed E-state index contributed by atoms with van der Waals surface area (Å²) in [6.07, 6.45) is -2.81. The molecule has 2 aliphatic rings. The van der Waals surface area contributed by atoms with E-state index in [4.69, 9.17) is 18.9 Å². The molecular formula is C24H45NaO12. The van der Waals surface area contributed by atoms with Crippen LogP contribution in [0.15, 0.2) is 0 Å². The average Bonchev–Trinajstić information content (AvgIpc) is 3.12. The van der Waals surface area contributed by atoms with E-state index in [2.05, 4.69) is 6.92 Å². The molecule has 214 valence electrons. The number of rotatable bonds is 16. The van der Waals surface area contributed by atoms with Crippen LogP contribution in [0.5, 0.6) is 0 Å². The molecular weight excluding hydrogens is 503 g/mol. The monoisotopic (exact) mass is 548 g/mol. The molecule has 2 heterocycles. The van der Waals surface area contributed by atoms with Crippen molar-refractivity contribution in [2.24, 2.45) is 0 Å². The molecule has 13 heteroatoms. The van der Waals surface area contributed by atoms with E-state index in [0.717, 1.165) is 19.3 Å². The van der Waals surface area contributed by atoms with E-state index in [9.17, 15) is 40.5 Å². The van der Waals surface area contributed by atoms with Crippen molar-refractivity contribution in [1.29, 1.82) is 0 Å². The van der Waals surface area contributed by atoms with Gasteiger partial charge in [-0.3, -0.25) is 4.79 Å². The molecule has 0 aromatic rings. The molecule has 0 bridgehead atoms. The number of hydrogen-bond donors (Lipinski definition) is 7. The van der Waals surface area contributed by atoms with Crippen molar-refractivity contribution in [3.05, 3.63) is 0 Å². The number of aliphatic hydroxyl groups excluding tert-OH is 7. The van der Waals surface area contributed by atoms with Crippen LogP contribution in [0.25, 0.3) is 0 Å². The van der Waals surface area contributed by atoms with Gasteiger partial charge >= 0.3 is 35.5 Å². The molecule has 2 rings (SSSR count). The molecule has 0 radical (unpaired) electrons. The molecule has 0 saturated carbocycles. The maximum absolute atomic E-state index is 12.1. The van der Waals surface area contributed by atoms with Crippen LogP contribution in [0.4, 0.5) is 0 Å². The first kappa shape index (κ1) is 35.1. The van der Waals surface area contributed by atoms with Crippen molar-refractivity contribution in [3.63, 3.8) is 0 Å². The fraction of sp³-hybridized carbons (Fsp3) is 0.958. The second kappa shape index (κ2) is 17.7. The summed E-state index contributed by atoms with van der Waals surface area (Å²) in [5, 5.41) is 70.1. The molecule has 0 unspecified atom stereocenters. The van der Waals surface area contributed by atoms with Crippen molar-refractivity contribution in [3.8, 4) is 0 Å². The Kier molecular flexibility index (Phi) is 16.8. The molecule has 0 amide bonds. The molecule has 2 aliphatic heterocycles. The third-order valence-electron chi connectivity index (χ3n) is 6.78. The van der Waals surface area contributed by atoms with Crippen LogP contribution < -0.4 is 29.6 Å². The van der Waals surface area contributed by atoms with Crippen LogP contribution in [-0.2, 0) is 23.7 Å². The van der Waals surface area contributed by atoms with Gasteiger partial charge in [-0.05, 0) is 6.42 Å². The summed E-state index contributed by atoms with van der Waals surface area (Å²) >= 11 is 0. The summed E-state index contributed by atoms with van der Waals surface area (Å²) in [6.45, 7) is 0.0841. The molecule has 0 aromatic carbocycles. The third kappa shape index (κ3) is 9.89. The minimum Gasteiger partial charge on any atom is -1.00 e. The van der Waals surface area contributed by atoms with Crippen LogP contribution >= 0.6 is 0 Å². The predicted octanol–water partition coefficient (Wildman–Crippen LogP) is -3.81. The minimum atomic E-state index is -2.27. The zero-order chi connectivity index (χ0) is 26.7. The summed E-state index contributed by atoms with van der Waals surface area (Å²) in [5.74, 6) is -2.76. The van der Waals surface area contributed by atoms with E-state index >= 15 is 0 Å². The van der Waals surface area contributed by atoms with Crippen LogP contribution in [0, 0.1) is 0 Å². The Bertz CT molecular complexity index is 650. The van der Waals surface area contributed by atoms with Crippen LogP contribution in [0.2, 0.25) is 0 Å². The van der Waals surface area contributed by atoms with E-state index in [1.807, 2.05) is 0 Å². The number of ether oxygens (including phenoxy) is 4. The topological polar surface area (TPSA) is 196 Å². The normalized spacial score (nSPS) is 35.8. The van der Waals surface area contributed by atoms with Gasteiger partial charge in [0.25, 0.3) is 0 Å². The number of esters is 1. The maximum atomic E-state index is 12.1. The van der Waals surface area contributed by atoms with Gasteiger partial charge in [0.15, 0.2) is 6.29 Å². The summed E-state index contributed by atoms with van der Waals surface area (Å²) in [5.41, 5.74) is 0.